The van der Waals surface area contributed by atoms with Crippen molar-refractivity contribution in [3.8, 4) is 11.4 Å². The second-order valence-electron chi connectivity index (χ2n) is 7.75. The zero-order chi connectivity index (χ0) is 23.5. The van der Waals surface area contributed by atoms with E-state index in [-0.39, 0.29) is 5.91 Å². The Hall–Kier alpha value is -4.79. The first-order valence-corrected chi connectivity index (χ1v) is 10.7. The van der Waals surface area contributed by atoms with Crippen molar-refractivity contribution < 1.29 is 9.59 Å². The largest absolute Gasteiger partial charge is 0.323 e. The predicted octanol–water partition coefficient (Wildman–Crippen LogP) is 3.47. The molecule has 9 heteroatoms. The summed E-state index contributed by atoms with van der Waals surface area (Å²) in [5.41, 5.74) is 4.75. The summed E-state index contributed by atoms with van der Waals surface area (Å²) in [5, 5.41) is 19.5. The third-order valence-electron chi connectivity index (χ3n) is 5.58. The van der Waals surface area contributed by atoms with Gasteiger partial charge in [-0.25, -0.2) is 4.79 Å². The van der Waals surface area contributed by atoms with Crippen molar-refractivity contribution in [3.05, 3.63) is 96.1 Å². The highest BCUT2D eigenvalue weighted by atomic mass is 16.2. The molecule has 3 amide bonds. The van der Waals surface area contributed by atoms with Gasteiger partial charge in [0.15, 0.2) is 0 Å². The number of para-hydroxylation sites is 1. The summed E-state index contributed by atoms with van der Waals surface area (Å²) in [7, 11) is 1.71. The molecule has 0 bridgehead atoms. The molecule has 1 aliphatic heterocycles. The van der Waals surface area contributed by atoms with Crippen molar-refractivity contribution in [2.75, 3.05) is 17.3 Å². The number of likely N-dealkylation sites (N-methyl/N-ethyl adjacent to an activating group) is 1. The summed E-state index contributed by atoms with van der Waals surface area (Å²) in [6.45, 7) is 0. The fourth-order valence-electron chi connectivity index (χ4n) is 3.95. The molecule has 2 heterocycles. The zero-order valence-corrected chi connectivity index (χ0v) is 18.3. The van der Waals surface area contributed by atoms with Crippen LogP contribution < -0.4 is 15.5 Å². The maximum absolute atomic E-state index is 13.3. The standard InChI is InChI=1S/C25H21N7O2/c1-32-22-13-6-5-12-19(22)20(16-8-3-2-4-9-16)15-21(24(32)33)27-25(34)26-18-11-7-10-17(14-18)23-28-30-31-29-23/h2-15,21H,1H3,(H2,26,27,34)(H,28,29,30,31). The first-order valence-electron chi connectivity index (χ1n) is 10.7. The van der Waals surface area contributed by atoms with Gasteiger partial charge in [-0.3, -0.25) is 4.79 Å². The molecule has 9 nitrogen and oxygen atoms in total. The number of carbonyl (C=O) groups excluding carboxylic acids is 2. The molecule has 3 aromatic carbocycles. The number of nitrogens with one attached hydrogen (secondary N) is 3. The van der Waals surface area contributed by atoms with Crippen LogP contribution in [-0.2, 0) is 4.79 Å². The van der Waals surface area contributed by atoms with E-state index in [9.17, 15) is 9.59 Å². The summed E-state index contributed by atoms with van der Waals surface area (Å²) in [4.78, 5) is 27.8. The van der Waals surface area contributed by atoms with Gasteiger partial charge in [0.05, 0.1) is 5.69 Å². The lowest BCUT2D eigenvalue weighted by atomic mass is 9.95. The van der Waals surface area contributed by atoms with Gasteiger partial charge < -0.3 is 15.5 Å². The Kier molecular flexibility index (Phi) is 5.57. The monoisotopic (exact) mass is 451 g/mol. The van der Waals surface area contributed by atoms with Crippen molar-refractivity contribution >= 4 is 28.9 Å². The molecule has 5 rings (SSSR count). The molecule has 3 N–H and O–H groups in total. The minimum Gasteiger partial charge on any atom is -0.323 e. The molecule has 34 heavy (non-hydrogen) atoms. The number of hydrogen-bond donors (Lipinski definition) is 3. The molecule has 1 aliphatic rings. The van der Waals surface area contributed by atoms with E-state index in [0.717, 1.165) is 22.4 Å². The van der Waals surface area contributed by atoms with Gasteiger partial charge in [-0.1, -0.05) is 60.7 Å². The molecular weight excluding hydrogens is 430 g/mol. The van der Waals surface area contributed by atoms with Crippen LogP contribution in [0, 0.1) is 0 Å². The number of aromatic nitrogens is 4. The topological polar surface area (TPSA) is 116 Å². The summed E-state index contributed by atoms with van der Waals surface area (Å²) in [5.74, 6) is 0.173. The Bertz CT molecular complexity index is 1370. The molecule has 1 unspecified atom stereocenters. The number of H-pyrrole nitrogens is 1. The van der Waals surface area contributed by atoms with Crippen molar-refractivity contribution in [1.29, 1.82) is 0 Å². The Morgan fingerprint density at radius 2 is 1.74 bits per heavy atom. The molecule has 0 saturated carbocycles. The lowest BCUT2D eigenvalue weighted by Crippen LogP contribution is -2.47. The molecule has 0 aliphatic carbocycles. The molecule has 0 spiro atoms. The Balaban J connectivity index is 1.43. The van der Waals surface area contributed by atoms with Crippen LogP contribution in [0.3, 0.4) is 0 Å². The number of nitrogens with zero attached hydrogens (tertiary/aromatic N) is 4. The number of amides is 3. The van der Waals surface area contributed by atoms with Crippen LogP contribution in [0.5, 0.6) is 0 Å². The maximum atomic E-state index is 13.3. The SMILES string of the molecule is CN1C(=O)C(NC(=O)Nc2cccc(-c3nn[nH]n3)c2)C=C(c2ccccc2)c2ccccc21. The van der Waals surface area contributed by atoms with Crippen molar-refractivity contribution in [2.24, 2.45) is 0 Å². The number of benzene rings is 3. The fraction of sp³-hybridized carbons (Fsp3) is 0.0800. The molecule has 0 saturated heterocycles. The van der Waals surface area contributed by atoms with Gasteiger partial charge in [0.2, 0.25) is 5.82 Å². The molecular formula is C25H21N7O2. The molecule has 168 valence electrons. The maximum Gasteiger partial charge on any atom is 0.320 e. The van der Waals surface area contributed by atoms with Crippen LogP contribution in [0.1, 0.15) is 11.1 Å². The highest BCUT2D eigenvalue weighted by Gasteiger charge is 2.29. The van der Waals surface area contributed by atoms with Gasteiger partial charge >= 0.3 is 6.03 Å². The Morgan fingerprint density at radius 1 is 0.971 bits per heavy atom. The van der Waals surface area contributed by atoms with Crippen LogP contribution in [0.2, 0.25) is 0 Å². The van der Waals surface area contributed by atoms with Gasteiger partial charge in [0, 0.05) is 23.9 Å². The average molecular weight is 451 g/mol. The number of rotatable bonds is 4. The van der Waals surface area contributed by atoms with Gasteiger partial charge in [0.1, 0.15) is 6.04 Å². The number of urea groups is 1. The third kappa shape index (κ3) is 4.14. The van der Waals surface area contributed by atoms with Gasteiger partial charge in [-0.05, 0) is 40.6 Å². The number of hydrogen-bond acceptors (Lipinski definition) is 5. The Labute approximate surface area is 195 Å². The highest BCUT2D eigenvalue weighted by molar-refractivity contribution is 6.07. The van der Waals surface area contributed by atoms with Gasteiger partial charge in [-0.15, -0.1) is 10.2 Å². The average Bonchev–Trinajstić information content (AvgIpc) is 3.39. The van der Waals surface area contributed by atoms with Gasteiger partial charge in [0.25, 0.3) is 5.91 Å². The first kappa shape index (κ1) is 21.1. The smallest absolute Gasteiger partial charge is 0.320 e. The van der Waals surface area contributed by atoms with E-state index in [1.807, 2.05) is 60.7 Å². The second-order valence-corrected chi connectivity index (χ2v) is 7.75. The van der Waals surface area contributed by atoms with E-state index in [0.29, 0.717) is 17.1 Å². The minimum atomic E-state index is -0.868. The van der Waals surface area contributed by atoms with E-state index in [2.05, 4.69) is 31.3 Å². The van der Waals surface area contributed by atoms with Crippen molar-refractivity contribution in [2.45, 2.75) is 6.04 Å². The molecule has 1 aromatic heterocycles. The summed E-state index contributed by atoms with van der Waals surface area (Å²) in [6.07, 6.45) is 1.80. The second kappa shape index (κ2) is 8.99. The van der Waals surface area contributed by atoms with Crippen LogP contribution >= 0.6 is 0 Å². The number of aromatic amines is 1. The number of anilines is 2. The molecule has 0 fully saturated rings. The molecule has 1 atom stereocenters. The number of tetrazole rings is 1. The van der Waals surface area contributed by atoms with E-state index < -0.39 is 12.1 Å². The van der Waals surface area contributed by atoms with E-state index in [4.69, 9.17) is 0 Å². The van der Waals surface area contributed by atoms with E-state index >= 15 is 0 Å². The molecule has 0 radical (unpaired) electrons. The summed E-state index contributed by atoms with van der Waals surface area (Å²) in [6, 6.07) is 23.2. The quantitative estimate of drug-likeness (QED) is 0.439. The summed E-state index contributed by atoms with van der Waals surface area (Å²) >= 11 is 0. The number of fused-ring (bicyclic) bond motifs is 1. The van der Waals surface area contributed by atoms with Crippen molar-refractivity contribution in [1.82, 2.24) is 25.9 Å². The zero-order valence-electron chi connectivity index (χ0n) is 18.3. The fourth-order valence-corrected chi connectivity index (χ4v) is 3.95. The van der Waals surface area contributed by atoms with Crippen molar-refractivity contribution in [3.63, 3.8) is 0 Å². The number of carbonyl (C=O) groups is 2. The van der Waals surface area contributed by atoms with Crippen LogP contribution in [-0.4, -0.2) is 45.7 Å². The third-order valence-corrected chi connectivity index (χ3v) is 5.58. The van der Waals surface area contributed by atoms with Gasteiger partial charge in [-0.2, -0.15) is 5.21 Å². The van der Waals surface area contributed by atoms with Crippen LogP contribution in [0.4, 0.5) is 16.2 Å². The summed E-state index contributed by atoms with van der Waals surface area (Å²) < 4.78 is 0. The first-order chi connectivity index (χ1) is 16.6. The van der Waals surface area contributed by atoms with Crippen LogP contribution in [0.25, 0.3) is 17.0 Å². The lowest BCUT2D eigenvalue weighted by molar-refractivity contribution is -0.119. The van der Waals surface area contributed by atoms with E-state index in [1.54, 1.807) is 36.2 Å². The lowest BCUT2D eigenvalue weighted by Gasteiger charge is -2.22. The minimum absolute atomic E-state index is 0.242. The Morgan fingerprint density at radius 3 is 2.53 bits per heavy atom. The van der Waals surface area contributed by atoms with E-state index in [1.165, 1.54) is 0 Å². The van der Waals surface area contributed by atoms with Crippen LogP contribution in [0.15, 0.2) is 84.9 Å². The normalized spacial score (nSPS) is 15.2. The predicted molar refractivity (Wildman–Crippen MR) is 129 cm³/mol. The molecule has 4 aromatic rings. The highest BCUT2D eigenvalue weighted by Crippen LogP contribution is 2.34.